The van der Waals surface area contributed by atoms with Gasteiger partial charge in [-0.1, -0.05) is 0 Å². The van der Waals surface area contributed by atoms with E-state index in [9.17, 15) is 15.0 Å². The fourth-order valence-corrected chi connectivity index (χ4v) is 2.12. The monoisotopic (exact) mass is 236 g/mol. The number of amides is 1. The smallest absolute Gasteiger partial charge is 0.255 e. The van der Waals surface area contributed by atoms with Gasteiger partial charge in [0.15, 0.2) is 0 Å². The minimum atomic E-state index is -0.402. The Kier molecular flexibility index (Phi) is 3.19. The molecule has 2 unspecified atom stereocenters. The number of aromatic hydroxyl groups is 2. The Bertz CT molecular complexity index is 434. The molecule has 0 radical (unpaired) electrons. The molecule has 1 aliphatic carbocycles. The molecule has 0 saturated heterocycles. The van der Waals surface area contributed by atoms with E-state index >= 15 is 0 Å². The van der Waals surface area contributed by atoms with Crippen molar-refractivity contribution in [3.63, 3.8) is 0 Å². The molecule has 5 N–H and O–H groups in total. The maximum absolute atomic E-state index is 11.9. The fraction of sp³-hybridized carbons (Fsp3) is 0.417. The first kappa shape index (κ1) is 11.7. The highest BCUT2D eigenvalue weighted by Gasteiger charge is 2.26. The zero-order valence-corrected chi connectivity index (χ0v) is 9.39. The molecule has 1 aromatic carbocycles. The van der Waals surface area contributed by atoms with Gasteiger partial charge < -0.3 is 21.3 Å². The van der Waals surface area contributed by atoms with E-state index in [4.69, 9.17) is 5.73 Å². The lowest BCUT2D eigenvalue weighted by Gasteiger charge is -2.17. The molecule has 5 nitrogen and oxygen atoms in total. The molecule has 1 amide bonds. The van der Waals surface area contributed by atoms with E-state index in [1.807, 2.05) is 0 Å². The van der Waals surface area contributed by atoms with E-state index in [0.29, 0.717) is 0 Å². The van der Waals surface area contributed by atoms with Crippen LogP contribution in [0.15, 0.2) is 18.2 Å². The zero-order chi connectivity index (χ0) is 12.4. The lowest BCUT2D eigenvalue weighted by molar-refractivity contribution is 0.0931. The second-order valence-corrected chi connectivity index (χ2v) is 4.38. The third-order valence-electron chi connectivity index (χ3n) is 3.11. The van der Waals surface area contributed by atoms with Crippen molar-refractivity contribution < 1.29 is 15.0 Å². The lowest BCUT2D eigenvalue weighted by Crippen LogP contribution is -2.43. The van der Waals surface area contributed by atoms with Crippen LogP contribution in [-0.2, 0) is 0 Å². The molecule has 2 atom stereocenters. The van der Waals surface area contributed by atoms with Crippen molar-refractivity contribution >= 4 is 5.91 Å². The lowest BCUT2D eigenvalue weighted by atomic mass is 10.1. The van der Waals surface area contributed by atoms with Crippen LogP contribution in [0, 0.1) is 0 Å². The van der Waals surface area contributed by atoms with Crippen LogP contribution in [0.1, 0.15) is 29.6 Å². The molecular weight excluding hydrogens is 220 g/mol. The Balaban J connectivity index is 2.11. The summed E-state index contributed by atoms with van der Waals surface area (Å²) in [5, 5.41) is 21.6. The molecule has 0 spiro atoms. The first-order chi connectivity index (χ1) is 8.08. The normalized spacial score (nSPS) is 23.6. The molecular formula is C12H16N2O3. The van der Waals surface area contributed by atoms with Gasteiger partial charge in [0, 0.05) is 12.1 Å². The zero-order valence-electron chi connectivity index (χ0n) is 9.39. The Morgan fingerprint density at radius 2 is 2.12 bits per heavy atom. The maximum Gasteiger partial charge on any atom is 0.255 e. The molecule has 92 valence electrons. The maximum atomic E-state index is 11.9. The Hall–Kier alpha value is -1.75. The number of phenols is 2. The SMILES string of the molecule is NC1CCCC1NC(=O)c1cc(O)ccc1O. The van der Waals surface area contributed by atoms with Gasteiger partial charge >= 0.3 is 0 Å². The molecule has 1 saturated carbocycles. The van der Waals surface area contributed by atoms with Gasteiger partial charge in [0.05, 0.1) is 5.56 Å². The van der Waals surface area contributed by atoms with Crippen molar-refractivity contribution in [2.75, 3.05) is 0 Å². The minimum absolute atomic E-state index is 0.0293. The molecule has 1 fully saturated rings. The molecule has 1 aliphatic rings. The molecule has 5 heteroatoms. The van der Waals surface area contributed by atoms with Gasteiger partial charge in [-0.15, -0.1) is 0 Å². The predicted molar refractivity (Wildman–Crippen MR) is 62.9 cm³/mol. The van der Waals surface area contributed by atoms with Crippen LogP contribution in [0.3, 0.4) is 0 Å². The average molecular weight is 236 g/mol. The second kappa shape index (κ2) is 4.63. The van der Waals surface area contributed by atoms with Crippen LogP contribution in [0.5, 0.6) is 11.5 Å². The molecule has 0 aliphatic heterocycles. The van der Waals surface area contributed by atoms with E-state index in [-0.39, 0.29) is 29.1 Å². The molecule has 17 heavy (non-hydrogen) atoms. The predicted octanol–water partition coefficient (Wildman–Crippen LogP) is 0.707. The molecule has 0 aromatic heterocycles. The van der Waals surface area contributed by atoms with Crippen LogP contribution in [0.2, 0.25) is 0 Å². The highest BCUT2D eigenvalue weighted by molar-refractivity contribution is 5.97. The summed E-state index contributed by atoms with van der Waals surface area (Å²) in [6, 6.07) is 3.78. The third kappa shape index (κ3) is 2.50. The van der Waals surface area contributed by atoms with E-state index in [1.165, 1.54) is 18.2 Å². The summed E-state index contributed by atoms with van der Waals surface area (Å²) in [7, 11) is 0. The van der Waals surface area contributed by atoms with Crippen molar-refractivity contribution in [3.8, 4) is 11.5 Å². The molecule has 1 aromatic rings. The summed E-state index contributed by atoms with van der Waals surface area (Å²) in [5.41, 5.74) is 5.92. The number of carbonyl (C=O) groups excluding carboxylic acids is 1. The number of nitrogens with one attached hydrogen (secondary N) is 1. The highest BCUT2D eigenvalue weighted by Crippen LogP contribution is 2.23. The van der Waals surface area contributed by atoms with Crippen molar-refractivity contribution in [3.05, 3.63) is 23.8 Å². The number of phenolic OH excluding ortho intramolecular Hbond substituents is 2. The van der Waals surface area contributed by atoms with Crippen LogP contribution in [0.4, 0.5) is 0 Å². The van der Waals surface area contributed by atoms with Crippen molar-refractivity contribution in [2.24, 2.45) is 5.73 Å². The summed E-state index contributed by atoms with van der Waals surface area (Å²) in [6.45, 7) is 0. The average Bonchev–Trinajstić information content (AvgIpc) is 2.68. The van der Waals surface area contributed by atoms with Crippen molar-refractivity contribution in [1.82, 2.24) is 5.32 Å². The second-order valence-electron chi connectivity index (χ2n) is 4.38. The van der Waals surface area contributed by atoms with Crippen LogP contribution in [0.25, 0.3) is 0 Å². The van der Waals surface area contributed by atoms with Gasteiger partial charge in [-0.25, -0.2) is 0 Å². The molecule has 0 bridgehead atoms. The summed E-state index contributed by atoms with van der Waals surface area (Å²) >= 11 is 0. The Morgan fingerprint density at radius 1 is 1.35 bits per heavy atom. The fourth-order valence-electron chi connectivity index (χ4n) is 2.12. The number of carbonyl (C=O) groups is 1. The van der Waals surface area contributed by atoms with Crippen LogP contribution in [-0.4, -0.2) is 28.2 Å². The number of hydrogen-bond acceptors (Lipinski definition) is 4. The van der Waals surface area contributed by atoms with Gasteiger partial charge in [-0.2, -0.15) is 0 Å². The number of nitrogens with two attached hydrogens (primary N) is 1. The number of hydrogen-bond donors (Lipinski definition) is 4. The van der Waals surface area contributed by atoms with Gasteiger partial charge in [0.2, 0.25) is 0 Å². The minimum Gasteiger partial charge on any atom is -0.508 e. The molecule has 0 heterocycles. The first-order valence-electron chi connectivity index (χ1n) is 5.66. The van der Waals surface area contributed by atoms with Gasteiger partial charge in [-0.05, 0) is 37.5 Å². The Morgan fingerprint density at radius 3 is 2.76 bits per heavy atom. The first-order valence-corrected chi connectivity index (χ1v) is 5.66. The van der Waals surface area contributed by atoms with E-state index in [1.54, 1.807) is 0 Å². The summed E-state index contributed by atoms with van der Waals surface area (Å²) in [5.74, 6) is -0.601. The molecule has 2 rings (SSSR count). The topological polar surface area (TPSA) is 95.6 Å². The Labute approximate surface area is 99.3 Å². The van der Waals surface area contributed by atoms with Crippen LogP contribution < -0.4 is 11.1 Å². The standard InChI is InChI=1S/C12H16N2O3/c13-9-2-1-3-10(9)14-12(17)8-6-7(15)4-5-11(8)16/h4-6,9-10,15-16H,1-3,13H2,(H,14,17). The number of benzene rings is 1. The summed E-state index contributed by atoms with van der Waals surface area (Å²) < 4.78 is 0. The van der Waals surface area contributed by atoms with E-state index < -0.39 is 5.91 Å². The summed E-state index contributed by atoms with van der Waals surface area (Å²) in [6.07, 6.45) is 2.75. The van der Waals surface area contributed by atoms with Crippen LogP contribution >= 0.6 is 0 Å². The van der Waals surface area contributed by atoms with E-state index in [2.05, 4.69) is 5.32 Å². The summed E-state index contributed by atoms with van der Waals surface area (Å²) in [4.78, 5) is 11.9. The largest absolute Gasteiger partial charge is 0.508 e. The number of rotatable bonds is 2. The van der Waals surface area contributed by atoms with Crippen molar-refractivity contribution in [2.45, 2.75) is 31.3 Å². The van der Waals surface area contributed by atoms with E-state index in [0.717, 1.165) is 19.3 Å². The van der Waals surface area contributed by atoms with Crippen molar-refractivity contribution in [1.29, 1.82) is 0 Å². The van der Waals surface area contributed by atoms with Gasteiger partial charge in [-0.3, -0.25) is 4.79 Å². The van der Waals surface area contributed by atoms with Gasteiger partial charge in [0.25, 0.3) is 5.91 Å². The highest BCUT2D eigenvalue weighted by atomic mass is 16.3. The quantitative estimate of drug-likeness (QED) is 0.569. The third-order valence-corrected chi connectivity index (χ3v) is 3.11. The van der Waals surface area contributed by atoms with Gasteiger partial charge in [0.1, 0.15) is 11.5 Å².